The van der Waals surface area contributed by atoms with Crippen LogP contribution in [0.15, 0.2) is 36.4 Å². The number of benzene rings is 2. The van der Waals surface area contributed by atoms with Crippen molar-refractivity contribution in [2.24, 2.45) is 5.84 Å². The Kier molecular flexibility index (Phi) is 3.81. The molecule has 0 spiro atoms. The second-order valence-electron chi connectivity index (χ2n) is 4.19. The lowest BCUT2D eigenvalue weighted by atomic mass is 10.2. The molecule has 0 aliphatic heterocycles. The Balaban J connectivity index is 2.42. The largest absolute Gasteiger partial charge is 0.350 e. The fourth-order valence-electron chi connectivity index (χ4n) is 1.78. The smallest absolute Gasteiger partial charge is 0.316 e. The van der Waals surface area contributed by atoms with Crippen LogP contribution in [0.25, 0.3) is 0 Å². The summed E-state index contributed by atoms with van der Waals surface area (Å²) in [6.07, 6.45) is 0. The number of nitrogens with zero attached hydrogens (tertiary/aromatic N) is 1. The number of rotatable bonds is 4. The average Bonchev–Trinajstić information content (AvgIpc) is 2.42. The van der Waals surface area contributed by atoms with Gasteiger partial charge in [0.15, 0.2) is 0 Å². The number of nitro groups is 1. The molecular weight excluding hydrogens is 263 g/mol. The number of hydrogen-bond acceptors (Lipinski definition) is 5. The number of nitrogens with one attached hydrogen (secondary N) is 2. The fraction of sp³-hybridized carbons (Fsp3) is 0.0769. The molecule has 104 valence electrons. The highest BCUT2D eigenvalue weighted by molar-refractivity contribution is 5.79. The van der Waals surface area contributed by atoms with E-state index < -0.39 is 4.92 Å². The Morgan fingerprint density at radius 1 is 1.25 bits per heavy atom. The van der Waals surface area contributed by atoms with Gasteiger partial charge >= 0.3 is 5.69 Å². The molecule has 0 aromatic heterocycles. The van der Waals surface area contributed by atoms with Crippen LogP contribution in [0.1, 0.15) is 5.56 Å². The molecule has 0 saturated heterocycles. The quantitative estimate of drug-likeness (QED) is 0.453. The normalized spacial score (nSPS) is 10.2. The van der Waals surface area contributed by atoms with Gasteiger partial charge in [0, 0.05) is 5.69 Å². The van der Waals surface area contributed by atoms with Crippen molar-refractivity contribution in [2.45, 2.75) is 6.92 Å². The standard InChI is InChI=1S/C13H13FN4O2/c1-8-5-6-9(7-10(8)14)16-11-3-2-4-12(17-15)13(11)18(19)20/h2-7,16-17H,15H2,1H3. The maximum Gasteiger partial charge on any atom is 0.316 e. The molecule has 7 heteroatoms. The molecule has 0 amide bonds. The summed E-state index contributed by atoms with van der Waals surface area (Å²) in [6.45, 7) is 1.64. The topological polar surface area (TPSA) is 93.2 Å². The van der Waals surface area contributed by atoms with E-state index in [0.717, 1.165) is 0 Å². The Bertz CT molecular complexity index is 661. The van der Waals surface area contributed by atoms with E-state index in [2.05, 4.69) is 10.7 Å². The molecule has 4 N–H and O–H groups in total. The molecule has 0 aliphatic carbocycles. The van der Waals surface area contributed by atoms with E-state index in [4.69, 9.17) is 5.84 Å². The molecule has 20 heavy (non-hydrogen) atoms. The summed E-state index contributed by atoms with van der Waals surface area (Å²) < 4.78 is 13.5. The van der Waals surface area contributed by atoms with E-state index in [9.17, 15) is 14.5 Å². The van der Waals surface area contributed by atoms with E-state index in [1.807, 2.05) is 0 Å². The number of anilines is 3. The van der Waals surface area contributed by atoms with Crippen LogP contribution in [0.4, 0.5) is 27.1 Å². The van der Waals surface area contributed by atoms with Gasteiger partial charge in [0.05, 0.1) is 4.92 Å². The Morgan fingerprint density at radius 3 is 2.55 bits per heavy atom. The van der Waals surface area contributed by atoms with Crippen LogP contribution in [-0.2, 0) is 0 Å². The molecule has 0 unspecified atom stereocenters. The van der Waals surface area contributed by atoms with Crippen molar-refractivity contribution in [3.05, 3.63) is 57.9 Å². The molecule has 0 aliphatic rings. The first-order valence-corrected chi connectivity index (χ1v) is 5.80. The zero-order valence-electron chi connectivity index (χ0n) is 10.7. The van der Waals surface area contributed by atoms with Crippen molar-refractivity contribution in [1.29, 1.82) is 0 Å². The van der Waals surface area contributed by atoms with E-state index in [1.165, 1.54) is 18.2 Å². The molecule has 0 bridgehead atoms. The number of hydrogen-bond donors (Lipinski definition) is 3. The number of nitro benzene ring substituents is 1. The van der Waals surface area contributed by atoms with Crippen LogP contribution in [0.5, 0.6) is 0 Å². The lowest BCUT2D eigenvalue weighted by Gasteiger charge is -2.10. The van der Waals surface area contributed by atoms with Crippen molar-refractivity contribution in [1.82, 2.24) is 0 Å². The second kappa shape index (κ2) is 5.54. The molecule has 2 rings (SSSR count). The number of para-hydroxylation sites is 1. The summed E-state index contributed by atoms with van der Waals surface area (Å²) in [5.74, 6) is 4.87. The van der Waals surface area contributed by atoms with Gasteiger partial charge in [0.25, 0.3) is 0 Å². The van der Waals surface area contributed by atoms with E-state index in [0.29, 0.717) is 11.3 Å². The van der Waals surface area contributed by atoms with Crippen molar-refractivity contribution in [3.8, 4) is 0 Å². The predicted octanol–water partition coefficient (Wildman–Crippen LogP) is 3.07. The summed E-state index contributed by atoms with van der Waals surface area (Å²) in [6, 6.07) is 9.13. The van der Waals surface area contributed by atoms with E-state index >= 15 is 0 Å². The van der Waals surface area contributed by atoms with Crippen molar-refractivity contribution < 1.29 is 9.31 Å². The molecule has 0 fully saturated rings. The van der Waals surface area contributed by atoms with Gasteiger partial charge < -0.3 is 10.7 Å². The van der Waals surface area contributed by atoms with Crippen molar-refractivity contribution in [3.63, 3.8) is 0 Å². The highest BCUT2D eigenvalue weighted by Gasteiger charge is 2.19. The molecule has 2 aromatic carbocycles. The van der Waals surface area contributed by atoms with Gasteiger partial charge in [-0.15, -0.1) is 0 Å². The van der Waals surface area contributed by atoms with Crippen molar-refractivity contribution in [2.75, 3.05) is 10.7 Å². The van der Waals surface area contributed by atoms with E-state index in [1.54, 1.807) is 25.1 Å². The Hall–Kier alpha value is -2.67. The zero-order chi connectivity index (χ0) is 14.7. The third-order valence-electron chi connectivity index (χ3n) is 2.82. The highest BCUT2D eigenvalue weighted by atomic mass is 19.1. The number of nitrogen functional groups attached to an aromatic ring is 1. The lowest BCUT2D eigenvalue weighted by Crippen LogP contribution is -2.10. The fourth-order valence-corrected chi connectivity index (χ4v) is 1.78. The Morgan fingerprint density at radius 2 is 1.95 bits per heavy atom. The Labute approximate surface area is 114 Å². The minimum Gasteiger partial charge on any atom is -0.350 e. The molecule has 0 saturated carbocycles. The lowest BCUT2D eigenvalue weighted by molar-refractivity contribution is -0.383. The van der Waals surface area contributed by atoms with Crippen LogP contribution in [0.2, 0.25) is 0 Å². The van der Waals surface area contributed by atoms with Crippen LogP contribution >= 0.6 is 0 Å². The SMILES string of the molecule is Cc1ccc(Nc2cccc(NN)c2[N+](=O)[O-])cc1F. The van der Waals surface area contributed by atoms with Gasteiger partial charge in [-0.2, -0.15) is 0 Å². The van der Waals surface area contributed by atoms with Crippen molar-refractivity contribution >= 4 is 22.7 Å². The summed E-state index contributed by atoms with van der Waals surface area (Å²) in [7, 11) is 0. The summed E-state index contributed by atoms with van der Waals surface area (Å²) in [4.78, 5) is 10.6. The van der Waals surface area contributed by atoms with Crippen LogP contribution in [0.3, 0.4) is 0 Å². The summed E-state index contributed by atoms with van der Waals surface area (Å²) in [5.41, 5.74) is 3.40. The zero-order valence-corrected chi connectivity index (χ0v) is 10.7. The van der Waals surface area contributed by atoms with Gasteiger partial charge in [-0.1, -0.05) is 12.1 Å². The predicted molar refractivity (Wildman–Crippen MR) is 75.3 cm³/mol. The van der Waals surface area contributed by atoms with Gasteiger partial charge in [-0.25, -0.2) is 4.39 Å². The molecule has 6 nitrogen and oxygen atoms in total. The van der Waals surface area contributed by atoms with Gasteiger partial charge in [-0.05, 0) is 36.8 Å². The van der Waals surface area contributed by atoms with Gasteiger partial charge in [0.1, 0.15) is 17.2 Å². The van der Waals surface area contributed by atoms with Crippen LogP contribution in [0, 0.1) is 22.9 Å². The number of halogens is 1. The first kappa shape index (κ1) is 13.8. The first-order valence-electron chi connectivity index (χ1n) is 5.80. The number of hydrazine groups is 1. The van der Waals surface area contributed by atoms with Gasteiger partial charge in [-0.3, -0.25) is 16.0 Å². The monoisotopic (exact) mass is 276 g/mol. The summed E-state index contributed by atoms with van der Waals surface area (Å²) >= 11 is 0. The number of nitrogens with two attached hydrogens (primary N) is 1. The first-order chi connectivity index (χ1) is 9.52. The molecule has 2 aromatic rings. The molecule has 0 heterocycles. The number of aryl methyl sites for hydroxylation is 1. The average molecular weight is 276 g/mol. The third-order valence-corrected chi connectivity index (χ3v) is 2.82. The van der Waals surface area contributed by atoms with E-state index in [-0.39, 0.29) is 22.9 Å². The molecule has 0 atom stereocenters. The highest BCUT2D eigenvalue weighted by Crippen LogP contribution is 2.34. The maximum absolute atomic E-state index is 13.5. The molecular formula is C13H13FN4O2. The third kappa shape index (κ3) is 2.67. The van der Waals surface area contributed by atoms with Crippen LogP contribution < -0.4 is 16.6 Å². The minimum atomic E-state index is -0.553. The minimum absolute atomic E-state index is 0.174. The van der Waals surface area contributed by atoms with Gasteiger partial charge in [0.2, 0.25) is 0 Å². The van der Waals surface area contributed by atoms with Crippen LogP contribution in [-0.4, -0.2) is 4.92 Å². The summed E-state index contributed by atoms with van der Waals surface area (Å²) in [5, 5.41) is 13.9. The molecule has 0 radical (unpaired) electrons. The second-order valence-corrected chi connectivity index (χ2v) is 4.19. The maximum atomic E-state index is 13.5.